The van der Waals surface area contributed by atoms with Crippen molar-refractivity contribution in [2.24, 2.45) is 7.05 Å². The van der Waals surface area contributed by atoms with Crippen LogP contribution in [0.15, 0.2) is 21.8 Å². The SMILES string of the molecule is CCS(=O)(=O)c1cc2cnn(C)c2nc1Br. The monoisotopic (exact) mass is 303 g/mol. The van der Waals surface area contributed by atoms with Crippen LogP contribution in [-0.4, -0.2) is 28.9 Å². The molecular formula is C9H10BrN3O2S. The Labute approximate surface area is 102 Å². The average Bonchev–Trinajstić information content (AvgIpc) is 2.59. The highest BCUT2D eigenvalue weighted by Gasteiger charge is 2.18. The number of hydrogen-bond donors (Lipinski definition) is 0. The number of fused-ring (bicyclic) bond motifs is 1. The van der Waals surface area contributed by atoms with Gasteiger partial charge in [0, 0.05) is 12.4 Å². The molecule has 0 radical (unpaired) electrons. The molecule has 16 heavy (non-hydrogen) atoms. The maximum absolute atomic E-state index is 11.8. The third-order valence-electron chi connectivity index (χ3n) is 2.34. The number of rotatable bonds is 2. The molecule has 0 amide bonds. The molecule has 0 aliphatic carbocycles. The van der Waals surface area contributed by atoms with Gasteiger partial charge in [-0.15, -0.1) is 0 Å². The normalized spacial score (nSPS) is 12.2. The number of hydrogen-bond acceptors (Lipinski definition) is 4. The van der Waals surface area contributed by atoms with Gasteiger partial charge in [0.2, 0.25) is 0 Å². The number of aromatic nitrogens is 3. The summed E-state index contributed by atoms with van der Waals surface area (Å²) in [4.78, 5) is 4.41. The third kappa shape index (κ3) is 1.73. The summed E-state index contributed by atoms with van der Waals surface area (Å²) in [6, 6.07) is 1.60. The summed E-state index contributed by atoms with van der Waals surface area (Å²) in [5.74, 6) is 0.0546. The van der Waals surface area contributed by atoms with Crippen LogP contribution < -0.4 is 0 Å². The fraction of sp³-hybridized carbons (Fsp3) is 0.333. The van der Waals surface area contributed by atoms with E-state index in [-0.39, 0.29) is 10.6 Å². The van der Waals surface area contributed by atoms with Gasteiger partial charge in [-0.2, -0.15) is 5.10 Å². The quantitative estimate of drug-likeness (QED) is 0.789. The Kier molecular flexibility index (Phi) is 2.75. The number of aryl methyl sites for hydroxylation is 1. The maximum Gasteiger partial charge on any atom is 0.180 e. The predicted octanol–water partition coefficient (Wildman–Crippen LogP) is 1.52. The molecule has 0 aromatic carbocycles. The molecular weight excluding hydrogens is 294 g/mol. The van der Waals surface area contributed by atoms with E-state index in [2.05, 4.69) is 26.0 Å². The Morgan fingerprint density at radius 2 is 2.19 bits per heavy atom. The molecule has 0 fully saturated rings. The van der Waals surface area contributed by atoms with Gasteiger partial charge in [0.1, 0.15) is 9.50 Å². The molecule has 0 atom stereocenters. The number of nitrogens with zero attached hydrogens (tertiary/aromatic N) is 3. The largest absolute Gasteiger partial charge is 0.250 e. The highest BCUT2D eigenvalue weighted by atomic mass is 79.9. The van der Waals surface area contributed by atoms with Crippen LogP contribution in [-0.2, 0) is 16.9 Å². The molecule has 0 unspecified atom stereocenters. The van der Waals surface area contributed by atoms with Gasteiger partial charge >= 0.3 is 0 Å². The first-order chi connectivity index (χ1) is 7.45. The van der Waals surface area contributed by atoms with E-state index in [1.807, 2.05) is 0 Å². The molecule has 0 spiro atoms. The summed E-state index contributed by atoms with van der Waals surface area (Å²) in [5.41, 5.74) is 0.655. The first-order valence-corrected chi connectivity index (χ1v) is 7.11. The van der Waals surface area contributed by atoms with Gasteiger partial charge in [0.15, 0.2) is 15.5 Å². The number of sulfone groups is 1. The van der Waals surface area contributed by atoms with Crippen molar-refractivity contribution in [3.63, 3.8) is 0 Å². The van der Waals surface area contributed by atoms with E-state index in [1.165, 1.54) is 0 Å². The van der Waals surface area contributed by atoms with Crippen LogP contribution in [0.3, 0.4) is 0 Å². The topological polar surface area (TPSA) is 64.8 Å². The van der Waals surface area contributed by atoms with Crippen LogP contribution >= 0.6 is 15.9 Å². The Balaban J connectivity index is 2.78. The first kappa shape index (κ1) is 11.5. The summed E-state index contributed by atoms with van der Waals surface area (Å²) < 4.78 is 25.5. The van der Waals surface area contributed by atoms with Gasteiger partial charge in [0.05, 0.1) is 11.9 Å². The van der Waals surface area contributed by atoms with Gasteiger partial charge in [-0.1, -0.05) is 6.92 Å². The second-order valence-corrected chi connectivity index (χ2v) is 6.36. The van der Waals surface area contributed by atoms with Crippen LogP contribution in [0, 0.1) is 0 Å². The van der Waals surface area contributed by atoms with Crippen LogP contribution in [0.25, 0.3) is 11.0 Å². The van der Waals surface area contributed by atoms with Crippen LogP contribution in [0.4, 0.5) is 0 Å². The molecule has 2 heterocycles. The minimum Gasteiger partial charge on any atom is -0.250 e. The van der Waals surface area contributed by atoms with E-state index in [0.717, 1.165) is 5.39 Å². The van der Waals surface area contributed by atoms with Gasteiger partial charge in [-0.05, 0) is 22.0 Å². The predicted molar refractivity (Wildman–Crippen MR) is 63.9 cm³/mol. The van der Waals surface area contributed by atoms with Crippen molar-refractivity contribution in [2.45, 2.75) is 11.8 Å². The fourth-order valence-corrected chi connectivity index (χ4v) is 3.35. The molecule has 7 heteroatoms. The van der Waals surface area contributed by atoms with Crippen LogP contribution in [0.1, 0.15) is 6.92 Å². The zero-order valence-corrected chi connectivity index (χ0v) is 11.2. The van der Waals surface area contributed by atoms with E-state index < -0.39 is 9.84 Å². The summed E-state index contributed by atoms with van der Waals surface area (Å²) in [6.07, 6.45) is 1.60. The maximum atomic E-state index is 11.8. The van der Waals surface area contributed by atoms with Crippen molar-refractivity contribution >= 4 is 36.8 Å². The average molecular weight is 304 g/mol. The van der Waals surface area contributed by atoms with E-state index >= 15 is 0 Å². The van der Waals surface area contributed by atoms with Crippen molar-refractivity contribution in [3.05, 3.63) is 16.9 Å². The van der Waals surface area contributed by atoms with Gasteiger partial charge in [0.25, 0.3) is 0 Å². The second kappa shape index (κ2) is 3.81. The Bertz CT molecular complexity index is 648. The van der Waals surface area contributed by atoms with Crippen molar-refractivity contribution in [3.8, 4) is 0 Å². The van der Waals surface area contributed by atoms with E-state index in [0.29, 0.717) is 10.3 Å². The smallest absolute Gasteiger partial charge is 0.180 e. The molecule has 2 aromatic rings. The summed E-state index contributed by atoms with van der Waals surface area (Å²) in [7, 11) is -1.50. The lowest BCUT2D eigenvalue weighted by Gasteiger charge is -2.04. The number of pyridine rings is 1. The molecule has 0 N–H and O–H groups in total. The lowest BCUT2D eigenvalue weighted by atomic mass is 10.4. The van der Waals surface area contributed by atoms with Crippen molar-refractivity contribution in [1.29, 1.82) is 0 Å². The van der Waals surface area contributed by atoms with Gasteiger partial charge in [-0.25, -0.2) is 13.4 Å². The minimum absolute atomic E-state index is 0.0546. The summed E-state index contributed by atoms with van der Waals surface area (Å²) in [6.45, 7) is 1.61. The van der Waals surface area contributed by atoms with Gasteiger partial charge in [-0.3, -0.25) is 4.68 Å². The second-order valence-electron chi connectivity index (χ2n) is 3.36. The summed E-state index contributed by atoms with van der Waals surface area (Å²) in [5, 5.41) is 4.74. The molecule has 0 aliphatic heterocycles. The minimum atomic E-state index is -3.26. The van der Waals surface area contributed by atoms with E-state index in [1.54, 1.807) is 30.9 Å². The zero-order valence-electron chi connectivity index (χ0n) is 8.81. The highest BCUT2D eigenvalue weighted by Crippen LogP contribution is 2.25. The van der Waals surface area contributed by atoms with Crippen molar-refractivity contribution in [2.75, 3.05) is 5.75 Å². The molecule has 0 bridgehead atoms. The summed E-state index contributed by atoms with van der Waals surface area (Å²) >= 11 is 3.18. The Morgan fingerprint density at radius 1 is 1.50 bits per heavy atom. The van der Waals surface area contributed by atoms with Gasteiger partial charge < -0.3 is 0 Å². The molecule has 0 aliphatic rings. The molecule has 2 aromatic heterocycles. The first-order valence-electron chi connectivity index (χ1n) is 4.66. The van der Waals surface area contributed by atoms with Crippen molar-refractivity contribution < 1.29 is 8.42 Å². The molecule has 0 saturated carbocycles. The van der Waals surface area contributed by atoms with Crippen LogP contribution in [0.2, 0.25) is 0 Å². The van der Waals surface area contributed by atoms with E-state index in [4.69, 9.17) is 0 Å². The molecule has 0 saturated heterocycles. The standard InChI is InChI=1S/C9H10BrN3O2S/c1-3-16(14,15)7-4-6-5-11-13(2)9(6)12-8(7)10/h4-5H,3H2,1-2H3. The Morgan fingerprint density at radius 3 is 2.81 bits per heavy atom. The van der Waals surface area contributed by atoms with Crippen molar-refractivity contribution in [1.82, 2.24) is 14.8 Å². The third-order valence-corrected chi connectivity index (χ3v) is 4.95. The lowest BCUT2D eigenvalue weighted by molar-refractivity contribution is 0.596. The van der Waals surface area contributed by atoms with Crippen LogP contribution in [0.5, 0.6) is 0 Å². The number of halogens is 1. The molecule has 86 valence electrons. The van der Waals surface area contributed by atoms with E-state index in [9.17, 15) is 8.42 Å². The molecule has 5 nitrogen and oxygen atoms in total. The Hall–Kier alpha value is -0.950. The molecule has 2 rings (SSSR count). The highest BCUT2D eigenvalue weighted by molar-refractivity contribution is 9.10. The zero-order chi connectivity index (χ0) is 11.9. The fourth-order valence-electron chi connectivity index (χ4n) is 1.41. The lowest BCUT2D eigenvalue weighted by Crippen LogP contribution is -2.06.